The molecule has 0 fully saturated rings. The smallest absolute Gasteiger partial charge is 0.339 e. The highest BCUT2D eigenvalue weighted by molar-refractivity contribution is 5.98. The lowest BCUT2D eigenvalue weighted by Gasteiger charge is -2.25. The maximum atomic E-state index is 12.5. The van der Waals surface area contributed by atoms with Crippen molar-refractivity contribution in [1.82, 2.24) is 0 Å². The van der Waals surface area contributed by atoms with E-state index in [9.17, 15) is 14.4 Å². The SMILES string of the molecule is Cc1cccc(NC(=O)COC(=O)c2ccc3c(c2)CC(c2ccccc2)OC3=O)c1C. The Morgan fingerprint density at radius 2 is 1.81 bits per heavy atom. The summed E-state index contributed by atoms with van der Waals surface area (Å²) in [5, 5.41) is 2.76. The number of esters is 2. The first kappa shape index (κ1) is 21.3. The van der Waals surface area contributed by atoms with E-state index in [0.717, 1.165) is 16.7 Å². The molecule has 3 aromatic rings. The Morgan fingerprint density at radius 1 is 1.03 bits per heavy atom. The van der Waals surface area contributed by atoms with Crippen LogP contribution in [-0.2, 0) is 20.7 Å². The number of cyclic esters (lactones) is 1. The second-order valence-electron chi connectivity index (χ2n) is 7.75. The predicted octanol–water partition coefficient (Wildman–Crippen LogP) is 4.55. The molecule has 1 unspecified atom stereocenters. The van der Waals surface area contributed by atoms with Crippen LogP contribution in [0, 0.1) is 13.8 Å². The van der Waals surface area contributed by atoms with Crippen molar-refractivity contribution in [3.8, 4) is 0 Å². The van der Waals surface area contributed by atoms with Crippen LogP contribution in [0.1, 0.15) is 49.1 Å². The Hall–Kier alpha value is -3.93. The van der Waals surface area contributed by atoms with Crippen LogP contribution >= 0.6 is 0 Å². The zero-order chi connectivity index (χ0) is 22.7. The fourth-order valence-electron chi connectivity index (χ4n) is 3.66. The maximum Gasteiger partial charge on any atom is 0.339 e. The molecule has 0 saturated carbocycles. The van der Waals surface area contributed by atoms with Crippen LogP contribution in [0.25, 0.3) is 0 Å². The number of hydrogen-bond donors (Lipinski definition) is 1. The summed E-state index contributed by atoms with van der Waals surface area (Å²) in [6.45, 7) is 3.47. The van der Waals surface area contributed by atoms with Crippen LogP contribution in [0.4, 0.5) is 5.69 Å². The molecule has 6 heteroatoms. The van der Waals surface area contributed by atoms with Gasteiger partial charge in [-0.1, -0.05) is 42.5 Å². The average molecular weight is 429 g/mol. The van der Waals surface area contributed by atoms with E-state index in [4.69, 9.17) is 9.47 Å². The summed E-state index contributed by atoms with van der Waals surface area (Å²) in [5.74, 6) is -1.47. The fourth-order valence-corrected chi connectivity index (χ4v) is 3.66. The molecule has 32 heavy (non-hydrogen) atoms. The second-order valence-corrected chi connectivity index (χ2v) is 7.75. The molecule has 0 bridgehead atoms. The summed E-state index contributed by atoms with van der Waals surface area (Å²) in [6.07, 6.45) is 0.0464. The van der Waals surface area contributed by atoms with Gasteiger partial charge in [-0.3, -0.25) is 4.79 Å². The highest BCUT2D eigenvalue weighted by Gasteiger charge is 2.28. The van der Waals surface area contributed by atoms with Crippen LogP contribution in [0.2, 0.25) is 0 Å². The quantitative estimate of drug-likeness (QED) is 0.602. The lowest BCUT2D eigenvalue weighted by molar-refractivity contribution is -0.119. The van der Waals surface area contributed by atoms with Gasteiger partial charge in [-0.05, 0) is 60.4 Å². The van der Waals surface area contributed by atoms with Crippen LogP contribution in [0.5, 0.6) is 0 Å². The van der Waals surface area contributed by atoms with Gasteiger partial charge in [0.1, 0.15) is 6.10 Å². The van der Waals surface area contributed by atoms with Gasteiger partial charge in [-0.2, -0.15) is 0 Å². The Bertz CT molecular complexity index is 1190. The van der Waals surface area contributed by atoms with Gasteiger partial charge >= 0.3 is 11.9 Å². The number of carbonyl (C=O) groups is 3. The molecule has 0 radical (unpaired) electrons. The van der Waals surface area contributed by atoms with Gasteiger partial charge in [-0.15, -0.1) is 0 Å². The molecular formula is C26H23NO5. The number of rotatable bonds is 5. The number of hydrogen-bond acceptors (Lipinski definition) is 5. The first-order valence-corrected chi connectivity index (χ1v) is 10.3. The van der Waals surface area contributed by atoms with Crippen molar-refractivity contribution < 1.29 is 23.9 Å². The van der Waals surface area contributed by atoms with Crippen molar-refractivity contribution in [2.24, 2.45) is 0 Å². The Morgan fingerprint density at radius 3 is 2.59 bits per heavy atom. The molecular weight excluding hydrogens is 406 g/mol. The van der Waals surface area contributed by atoms with E-state index in [1.807, 2.05) is 56.3 Å². The third-order valence-electron chi connectivity index (χ3n) is 5.60. The molecule has 6 nitrogen and oxygen atoms in total. The zero-order valence-corrected chi connectivity index (χ0v) is 17.9. The minimum atomic E-state index is -0.626. The van der Waals surface area contributed by atoms with E-state index in [1.54, 1.807) is 18.2 Å². The number of ether oxygens (including phenoxy) is 2. The van der Waals surface area contributed by atoms with E-state index >= 15 is 0 Å². The van der Waals surface area contributed by atoms with E-state index in [0.29, 0.717) is 23.2 Å². The molecule has 1 N–H and O–H groups in total. The number of benzene rings is 3. The Kier molecular flexibility index (Phi) is 6.03. The molecule has 0 spiro atoms. The first-order valence-electron chi connectivity index (χ1n) is 10.3. The molecule has 1 atom stereocenters. The Labute approximate surface area is 186 Å². The molecule has 1 aliphatic rings. The summed E-state index contributed by atoms with van der Waals surface area (Å²) in [6, 6.07) is 19.8. The number of nitrogens with one attached hydrogen (secondary N) is 1. The van der Waals surface area contributed by atoms with E-state index in [2.05, 4.69) is 5.32 Å². The van der Waals surface area contributed by atoms with Crippen LogP contribution in [-0.4, -0.2) is 24.5 Å². The van der Waals surface area contributed by atoms with Crippen LogP contribution in [0.15, 0.2) is 66.7 Å². The number of amides is 1. The molecule has 162 valence electrons. The van der Waals surface area contributed by atoms with Crippen molar-refractivity contribution in [2.45, 2.75) is 26.4 Å². The third kappa shape index (κ3) is 4.54. The summed E-state index contributed by atoms with van der Waals surface area (Å²) in [5.41, 5.74) is 5.02. The minimum Gasteiger partial charge on any atom is -0.454 e. The summed E-state index contributed by atoms with van der Waals surface area (Å²) >= 11 is 0. The van der Waals surface area contributed by atoms with E-state index in [1.165, 1.54) is 6.07 Å². The number of fused-ring (bicyclic) bond motifs is 1. The third-order valence-corrected chi connectivity index (χ3v) is 5.60. The number of carbonyl (C=O) groups excluding carboxylic acids is 3. The van der Waals surface area contributed by atoms with Crippen molar-refractivity contribution in [3.05, 3.63) is 100 Å². The van der Waals surface area contributed by atoms with Crippen molar-refractivity contribution in [3.63, 3.8) is 0 Å². The first-order chi connectivity index (χ1) is 15.4. The van der Waals surface area contributed by atoms with Gasteiger partial charge in [0, 0.05) is 12.1 Å². The van der Waals surface area contributed by atoms with Gasteiger partial charge < -0.3 is 14.8 Å². The summed E-state index contributed by atoms with van der Waals surface area (Å²) < 4.78 is 10.7. The molecule has 1 heterocycles. The topological polar surface area (TPSA) is 81.7 Å². The highest BCUT2D eigenvalue weighted by Crippen LogP contribution is 2.31. The minimum absolute atomic E-state index is 0.282. The average Bonchev–Trinajstić information content (AvgIpc) is 2.80. The molecule has 1 amide bonds. The maximum absolute atomic E-state index is 12.5. The van der Waals surface area contributed by atoms with Gasteiger partial charge in [0.25, 0.3) is 5.91 Å². The molecule has 3 aromatic carbocycles. The van der Waals surface area contributed by atoms with Gasteiger partial charge in [0.2, 0.25) is 0 Å². The fraction of sp³-hybridized carbons (Fsp3) is 0.192. The van der Waals surface area contributed by atoms with Crippen molar-refractivity contribution in [2.75, 3.05) is 11.9 Å². The highest BCUT2D eigenvalue weighted by atomic mass is 16.5. The largest absolute Gasteiger partial charge is 0.454 e. The zero-order valence-electron chi connectivity index (χ0n) is 17.9. The van der Waals surface area contributed by atoms with Crippen molar-refractivity contribution in [1.29, 1.82) is 0 Å². The van der Waals surface area contributed by atoms with Crippen molar-refractivity contribution >= 4 is 23.5 Å². The monoisotopic (exact) mass is 429 g/mol. The second kappa shape index (κ2) is 9.06. The lowest BCUT2D eigenvalue weighted by atomic mass is 9.93. The van der Waals surface area contributed by atoms with Gasteiger partial charge in [0.15, 0.2) is 6.61 Å². The van der Waals surface area contributed by atoms with Crippen LogP contribution in [0.3, 0.4) is 0 Å². The summed E-state index contributed by atoms with van der Waals surface area (Å²) in [4.78, 5) is 37.2. The molecule has 1 aliphatic heterocycles. The molecule has 0 saturated heterocycles. The van der Waals surface area contributed by atoms with E-state index < -0.39 is 30.6 Å². The van der Waals surface area contributed by atoms with Gasteiger partial charge in [-0.25, -0.2) is 9.59 Å². The van der Waals surface area contributed by atoms with E-state index in [-0.39, 0.29) is 5.56 Å². The summed E-state index contributed by atoms with van der Waals surface area (Å²) in [7, 11) is 0. The standard InChI is InChI=1S/C26H23NO5/c1-16-7-6-10-22(17(16)2)27-24(28)15-31-25(29)19-11-12-21-20(13-19)14-23(32-26(21)30)18-8-4-3-5-9-18/h3-13,23H,14-15H2,1-2H3,(H,27,28). The Balaban J connectivity index is 1.42. The van der Waals surface area contributed by atoms with Gasteiger partial charge in [0.05, 0.1) is 11.1 Å². The molecule has 0 aliphatic carbocycles. The van der Waals surface area contributed by atoms with Crippen LogP contribution < -0.4 is 5.32 Å². The predicted molar refractivity (Wildman–Crippen MR) is 120 cm³/mol. The molecule has 4 rings (SSSR count). The lowest BCUT2D eigenvalue weighted by Crippen LogP contribution is -2.23. The normalized spacial score (nSPS) is 14.8. The number of aryl methyl sites for hydroxylation is 1. The number of anilines is 1. The molecule has 0 aromatic heterocycles.